The summed E-state index contributed by atoms with van der Waals surface area (Å²) < 4.78 is 2.21. The first kappa shape index (κ1) is 17.5. The molecule has 0 N–H and O–H groups in total. The van der Waals surface area contributed by atoms with Crippen molar-refractivity contribution < 1.29 is 0 Å². The molecule has 0 saturated heterocycles. The quantitative estimate of drug-likeness (QED) is 0.508. The van der Waals surface area contributed by atoms with E-state index in [0.717, 1.165) is 6.54 Å². The van der Waals surface area contributed by atoms with Gasteiger partial charge in [0.2, 0.25) is 0 Å². The second-order valence-corrected chi connectivity index (χ2v) is 7.00. The van der Waals surface area contributed by atoms with E-state index in [-0.39, 0.29) is 0 Å². The number of aromatic nitrogens is 2. The highest BCUT2D eigenvalue weighted by Gasteiger charge is 2.17. The lowest BCUT2D eigenvalue weighted by atomic mass is 9.86. The Morgan fingerprint density at radius 3 is 2.60 bits per heavy atom. The first-order valence-corrected chi connectivity index (χ1v) is 9.31. The zero-order chi connectivity index (χ0) is 17.6. The van der Waals surface area contributed by atoms with Crippen LogP contribution in [0, 0.1) is 13.8 Å². The minimum absolute atomic E-state index is 0.506. The molecule has 2 heteroatoms. The lowest BCUT2D eigenvalue weighted by Crippen LogP contribution is -2.10. The molecule has 0 amide bonds. The van der Waals surface area contributed by atoms with E-state index in [9.17, 15) is 0 Å². The zero-order valence-corrected chi connectivity index (χ0v) is 15.6. The van der Waals surface area contributed by atoms with E-state index in [0.29, 0.717) is 5.92 Å². The van der Waals surface area contributed by atoms with Gasteiger partial charge < -0.3 is 4.57 Å². The van der Waals surface area contributed by atoms with Crippen molar-refractivity contribution in [3.63, 3.8) is 0 Å². The van der Waals surface area contributed by atoms with Crippen LogP contribution in [0.15, 0.2) is 61.2 Å². The second-order valence-electron chi connectivity index (χ2n) is 7.00. The summed E-state index contributed by atoms with van der Waals surface area (Å²) in [5, 5.41) is 0. The fraction of sp³-hybridized carbons (Fsp3) is 0.348. The maximum absolute atomic E-state index is 4.22. The molecule has 0 aliphatic carbocycles. The number of imidazole rings is 1. The Balaban J connectivity index is 2.01. The van der Waals surface area contributed by atoms with E-state index in [1.54, 1.807) is 0 Å². The highest BCUT2D eigenvalue weighted by molar-refractivity contribution is 5.71. The van der Waals surface area contributed by atoms with E-state index >= 15 is 0 Å². The van der Waals surface area contributed by atoms with Crippen LogP contribution in [0.2, 0.25) is 0 Å². The van der Waals surface area contributed by atoms with E-state index in [4.69, 9.17) is 0 Å². The lowest BCUT2D eigenvalue weighted by molar-refractivity contribution is 0.505. The molecular formula is C23H28N2. The standard InChI is InChI=1S/C23H28N2/c1-4-5-8-20(16-25-14-13-24-17-25)22-9-6-7-10-23(22)21-12-11-18(2)15-19(21)3/h6-7,9-15,17,20H,4-5,8,16H2,1-3H3. The molecule has 3 rings (SSSR count). The number of nitrogens with zero attached hydrogens (tertiary/aromatic N) is 2. The fourth-order valence-electron chi connectivity index (χ4n) is 3.66. The van der Waals surface area contributed by atoms with Gasteiger partial charge in [-0.25, -0.2) is 4.98 Å². The normalized spacial score (nSPS) is 12.3. The van der Waals surface area contributed by atoms with Gasteiger partial charge in [-0.2, -0.15) is 0 Å². The van der Waals surface area contributed by atoms with Gasteiger partial charge in [-0.05, 0) is 42.5 Å². The summed E-state index contributed by atoms with van der Waals surface area (Å²) in [7, 11) is 0. The van der Waals surface area contributed by atoms with Gasteiger partial charge in [0.05, 0.1) is 6.33 Å². The minimum atomic E-state index is 0.506. The van der Waals surface area contributed by atoms with Crippen LogP contribution in [0.4, 0.5) is 0 Å². The number of unbranched alkanes of at least 4 members (excludes halogenated alkanes) is 1. The van der Waals surface area contributed by atoms with Crippen LogP contribution in [-0.4, -0.2) is 9.55 Å². The van der Waals surface area contributed by atoms with Crippen LogP contribution in [0.3, 0.4) is 0 Å². The Morgan fingerprint density at radius 2 is 1.88 bits per heavy atom. The molecule has 0 aliphatic rings. The van der Waals surface area contributed by atoms with Gasteiger partial charge in [-0.1, -0.05) is 67.8 Å². The molecular weight excluding hydrogens is 304 g/mol. The van der Waals surface area contributed by atoms with Gasteiger partial charge in [0.1, 0.15) is 0 Å². The summed E-state index contributed by atoms with van der Waals surface area (Å²) in [6, 6.07) is 15.7. The summed E-state index contributed by atoms with van der Waals surface area (Å²) in [6.07, 6.45) is 9.55. The third-order valence-corrected chi connectivity index (χ3v) is 4.97. The number of rotatable bonds is 7. The van der Waals surface area contributed by atoms with Crippen molar-refractivity contribution in [2.75, 3.05) is 0 Å². The number of hydrogen-bond donors (Lipinski definition) is 0. The van der Waals surface area contributed by atoms with Crippen LogP contribution in [0.5, 0.6) is 0 Å². The molecule has 0 radical (unpaired) electrons. The summed E-state index contributed by atoms with van der Waals surface area (Å²) in [5.41, 5.74) is 6.86. The van der Waals surface area contributed by atoms with Gasteiger partial charge >= 0.3 is 0 Å². The summed E-state index contributed by atoms with van der Waals surface area (Å²) >= 11 is 0. The number of hydrogen-bond acceptors (Lipinski definition) is 1. The summed E-state index contributed by atoms with van der Waals surface area (Å²) in [4.78, 5) is 4.22. The molecule has 3 aromatic rings. The van der Waals surface area contributed by atoms with Crippen molar-refractivity contribution in [2.45, 2.75) is 52.5 Å². The van der Waals surface area contributed by atoms with E-state index < -0.39 is 0 Å². The molecule has 0 fully saturated rings. The Bertz CT molecular complexity index is 803. The van der Waals surface area contributed by atoms with Gasteiger partial charge in [-0.3, -0.25) is 0 Å². The molecule has 1 heterocycles. The smallest absolute Gasteiger partial charge is 0.0946 e. The van der Waals surface area contributed by atoms with Crippen molar-refractivity contribution in [2.24, 2.45) is 0 Å². The molecule has 2 aromatic carbocycles. The van der Waals surface area contributed by atoms with Crippen molar-refractivity contribution in [3.8, 4) is 11.1 Å². The number of benzene rings is 2. The molecule has 1 atom stereocenters. The maximum atomic E-state index is 4.22. The van der Waals surface area contributed by atoms with Gasteiger partial charge in [0.25, 0.3) is 0 Å². The minimum Gasteiger partial charge on any atom is -0.337 e. The topological polar surface area (TPSA) is 17.8 Å². The predicted octanol–water partition coefficient (Wildman–Crippen LogP) is 6.14. The molecule has 0 bridgehead atoms. The highest BCUT2D eigenvalue weighted by Crippen LogP contribution is 2.35. The summed E-state index contributed by atoms with van der Waals surface area (Å²) in [5.74, 6) is 0.506. The van der Waals surface area contributed by atoms with Gasteiger partial charge in [0.15, 0.2) is 0 Å². The van der Waals surface area contributed by atoms with E-state index in [1.165, 1.54) is 47.1 Å². The average Bonchev–Trinajstić information content (AvgIpc) is 3.12. The molecule has 0 saturated carbocycles. The van der Waals surface area contributed by atoms with Crippen molar-refractivity contribution >= 4 is 0 Å². The largest absolute Gasteiger partial charge is 0.337 e. The van der Waals surface area contributed by atoms with Crippen molar-refractivity contribution in [1.82, 2.24) is 9.55 Å². The Morgan fingerprint density at radius 1 is 1.04 bits per heavy atom. The predicted molar refractivity (Wildman–Crippen MR) is 106 cm³/mol. The molecule has 25 heavy (non-hydrogen) atoms. The third-order valence-electron chi connectivity index (χ3n) is 4.97. The second kappa shape index (κ2) is 8.15. The van der Waals surface area contributed by atoms with Crippen LogP contribution in [-0.2, 0) is 6.54 Å². The zero-order valence-electron chi connectivity index (χ0n) is 15.6. The third kappa shape index (κ3) is 4.19. The molecule has 0 spiro atoms. The van der Waals surface area contributed by atoms with Gasteiger partial charge in [0, 0.05) is 24.9 Å². The fourth-order valence-corrected chi connectivity index (χ4v) is 3.66. The highest BCUT2D eigenvalue weighted by atomic mass is 15.0. The Labute approximate surface area is 151 Å². The monoisotopic (exact) mass is 332 g/mol. The van der Waals surface area contributed by atoms with Gasteiger partial charge in [-0.15, -0.1) is 0 Å². The first-order valence-electron chi connectivity index (χ1n) is 9.31. The van der Waals surface area contributed by atoms with Crippen molar-refractivity contribution in [1.29, 1.82) is 0 Å². The van der Waals surface area contributed by atoms with Crippen LogP contribution >= 0.6 is 0 Å². The van der Waals surface area contributed by atoms with Crippen LogP contribution in [0.1, 0.15) is 48.8 Å². The van der Waals surface area contributed by atoms with E-state index in [2.05, 4.69) is 79.0 Å². The average molecular weight is 332 g/mol. The lowest BCUT2D eigenvalue weighted by Gasteiger charge is -2.22. The molecule has 1 unspecified atom stereocenters. The van der Waals surface area contributed by atoms with E-state index in [1.807, 2.05) is 12.5 Å². The molecule has 1 aromatic heterocycles. The van der Waals surface area contributed by atoms with Crippen LogP contribution < -0.4 is 0 Å². The Kier molecular flexibility index (Phi) is 5.70. The molecule has 2 nitrogen and oxygen atoms in total. The Hall–Kier alpha value is -2.35. The van der Waals surface area contributed by atoms with Crippen LogP contribution in [0.25, 0.3) is 11.1 Å². The SMILES string of the molecule is CCCCC(Cn1ccnc1)c1ccccc1-c1ccc(C)cc1C. The van der Waals surface area contributed by atoms with Crippen molar-refractivity contribution in [3.05, 3.63) is 77.9 Å². The molecule has 130 valence electrons. The first-order chi connectivity index (χ1) is 12.2. The number of aryl methyl sites for hydroxylation is 2. The molecule has 0 aliphatic heterocycles. The maximum Gasteiger partial charge on any atom is 0.0946 e. The summed E-state index contributed by atoms with van der Waals surface area (Å²) in [6.45, 7) is 7.63.